The minimum atomic E-state index is -1.76. The van der Waals surface area contributed by atoms with E-state index in [1.807, 2.05) is 0 Å². The second kappa shape index (κ2) is 8.30. The number of aliphatic hydroxyl groups excluding tert-OH is 4. The van der Waals surface area contributed by atoms with Gasteiger partial charge in [-0.15, -0.1) is 0 Å². The lowest BCUT2D eigenvalue weighted by Gasteiger charge is -2.39. The number of hydrogen-bond donors (Lipinski definition) is 7. The molecule has 1 aliphatic heterocycles. The van der Waals surface area contributed by atoms with E-state index in [4.69, 9.17) is 13.9 Å². The van der Waals surface area contributed by atoms with Crippen LogP contribution in [0.25, 0.3) is 22.3 Å². The van der Waals surface area contributed by atoms with Crippen LogP contribution in [-0.2, 0) is 4.74 Å². The fourth-order valence-electron chi connectivity index (χ4n) is 3.43. The van der Waals surface area contributed by atoms with Crippen molar-refractivity contribution >= 4 is 11.0 Å². The lowest BCUT2D eigenvalue weighted by Crippen LogP contribution is -2.60. The van der Waals surface area contributed by atoms with Crippen LogP contribution in [0.3, 0.4) is 0 Å². The Labute approximate surface area is 179 Å². The zero-order valence-electron chi connectivity index (χ0n) is 16.3. The van der Waals surface area contributed by atoms with Gasteiger partial charge in [-0.1, -0.05) is 0 Å². The van der Waals surface area contributed by atoms with Crippen LogP contribution in [0.5, 0.6) is 23.0 Å². The maximum Gasteiger partial charge on any atom is 0.229 e. The molecule has 32 heavy (non-hydrogen) atoms. The topological polar surface area (TPSA) is 190 Å². The van der Waals surface area contributed by atoms with Crippen LogP contribution in [0, 0.1) is 0 Å². The Morgan fingerprint density at radius 1 is 0.938 bits per heavy atom. The highest BCUT2D eigenvalue weighted by Gasteiger charge is 2.45. The summed E-state index contributed by atoms with van der Waals surface area (Å²) in [6.07, 6.45) is -7.99. The third-order valence-electron chi connectivity index (χ3n) is 5.16. The number of rotatable bonds is 4. The van der Waals surface area contributed by atoms with Gasteiger partial charge >= 0.3 is 0 Å². The fourth-order valence-corrected chi connectivity index (χ4v) is 3.43. The number of phenolic OH excluding ortho intramolecular Hbond substituents is 3. The number of ether oxygens (including phenoxy) is 2. The number of fused-ring (bicyclic) bond motifs is 1. The van der Waals surface area contributed by atoms with Gasteiger partial charge in [-0.2, -0.15) is 0 Å². The molecule has 170 valence electrons. The Kier molecular flexibility index (Phi) is 5.67. The van der Waals surface area contributed by atoms with E-state index in [0.717, 1.165) is 12.1 Å². The molecule has 0 radical (unpaired) electrons. The first-order valence-corrected chi connectivity index (χ1v) is 9.50. The van der Waals surface area contributed by atoms with Gasteiger partial charge in [-0.05, 0) is 24.3 Å². The summed E-state index contributed by atoms with van der Waals surface area (Å²) in [5.41, 5.74) is -0.678. The molecule has 1 saturated heterocycles. The van der Waals surface area contributed by atoms with Gasteiger partial charge in [0.15, 0.2) is 16.8 Å². The molecule has 1 fully saturated rings. The highest BCUT2D eigenvalue weighted by molar-refractivity contribution is 5.91. The molecule has 4 rings (SSSR count). The highest BCUT2D eigenvalue weighted by Crippen LogP contribution is 2.41. The average Bonchev–Trinajstić information content (AvgIpc) is 2.77. The summed E-state index contributed by atoms with van der Waals surface area (Å²) in [7, 11) is 0. The molecule has 0 spiro atoms. The molecule has 5 unspecified atom stereocenters. The molecule has 1 aromatic heterocycles. The molecule has 2 heterocycles. The molecule has 11 nitrogen and oxygen atoms in total. The average molecular weight is 448 g/mol. The number of benzene rings is 2. The second-order valence-corrected chi connectivity index (χ2v) is 7.28. The van der Waals surface area contributed by atoms with E-state index in [0.29, 0.717) is 5.56 Å². The Morgan fingerprint density at radius 2 is 1.62 bits per heavy atom. The summed E-state index contributed by atoms with van der Waals surface area (Å²) >= 11 is 0. The first kappa shape index (κ1) is 21.9. The Hall–Kier alpha value is -3.35. The summed E-state index contributed by atoms with van der Waals surface area (Å²) in [4.78, 5) is 12.6. The van der Waals surface area contributed by atoms with Gasteiger partial charge in [0, 0.05) is 17.7 Å². The molecule has 0 amide bonds. The van der Waals surface area contributed by atoms with E-state index in [1.54, 1.807) is 0 Å². The van der Waals surface area contributed by atoms with Gasteiger partial charge in [-0.25, -0.2) is 0 Å². The molecular weight excluding hydrogens is 428 g/mol. The van der Waals surface area contributed by atoms with E-state index < -0.39 is 65.6 Å². The minimum absolute atomic E-state index is 0.00686. The third-order valence-corrected chi connectivity index (χ3v) is 5.16. The van der Waals surface area contributed by atoms with E-state index in [2.05, 4.69) is 0 Å². The fraction of sp³-hybridized carbons (Fsp3) is 0.286. The van der Waals surface area contributed by atoms with Gasteiger partial charge in [-0.3, -0.25) is 4.79 Å². The first-order valence-electron chi connectivity index (χ1n) is 9.50. The first-order chi connectivity index (χ1) is 15.2. The predicted molar refractivity (Wildman–Crippen MR) is 107 cm³/mol. The number of aliphatic hydroxyl groups is 4. The molecule has 2 aromatic carbocycles. The van der Waals surface area contributed by atoms with Crippen molar-refractivity contribution in [3.8, 4) is 34.3 Å². The smallest absolute Gasteiger partial charge is 0.229 e. The van der Waals surface area contributed by atoms with Crippen LogP contribution in [0.2, 0.25) is 0 Å². The van der Waals surface area contributed by atoms with Crippen LogP contribution in [-0.4, -0.2) is 73.1 Å². The van der Waals surface area contributed by atoms with E-state index >= 15 is 0 Å². The maximum absolute atomic E-state index is 12.6. The van der Waals surface area contributed by atoms with Gasteiger partial charge in [0.2, 0.25) is 12.0 Å². The minimum Gasteiger partial charge on any atom is -0.508 e. The largest absolute Gasteiger partial charge is 0.508 e. The van der Waals surface area contributed by atoms with Crippen molar-refractivity contribution in [3.05, 3.63) is 46.6 Å². The van der Waals surface area contributed by atoms with Crippen molar-refractivity contribution in [3.63, 3.8) is 0 Å². The molecule has 0 aliphatic carbocycles. The van der Waals surface area contributed by atoms with Gasteiger partial charge < -0.3 is 49.6 Å². The molecule has 1 aliphatic rings. The van der Waals surface area contributed by atoms with Crippen LogP contribution in [0.15, 0.2) is 45.6 Å². The van der Waals surface area contributed by atoms with Crippen molar-refractivity contribution in [1.82, 2.24) is 0 Å². The van der Waals surface area contributed by atoms with Crippen LogP contribution < -0.4 is 10.2 Å². The normalized spacial score (nSPS) is 25.7. The van der Waals surface area contributed by atoms with Crippen molar-refractivity contribution < 1.29 is 49.6 Å². The molecule has 11 heteroatoms. The van der Waals surface area contributed by atoms with Crippen molar-refractivity contribution in [1.29, 1.82) is 0 Å². The van der Waals surface area contributed by atoms with E-state index in [9.17, 15) is 40.5 Å². The lowest BCUT2D eigenvalue weighted by molar-refractivity contribution is -0.277. The van der Waals surface area contributed by atoms with E-state index in [-0.39, 0.29) is 16.9 Å². The van der Waals surface area contributed by atoms with Gasteiger partial charge in [0.1, 0.15) is 47.1 Å². The van der Waals surface area contributed by atoms with Crippen molar-refractivity contribution in [2.45, 2.75) is 30.7 Å². The second-order valence-electron chi connectivity index (χ2n) is 7.28. The summed E-state index contributed by atoms with van der Waals surface area (Å²) in [6, 6.07) is 7.70. The lowest BCUT2D eigenvalue weighted by atomic mass is 9.99. The van der Waals surface area contributed by atoms with Crippen LogP contribution in [0.4, 0.5) is 0 Å². The third kappa shape index (κ3) is 3.72. The van der Waals surface area contributed by atoms with Crippen LogP contribution >= 0.6 is 0 Å². The van der Waals surface area contributed by atoms with E-state index in [1.165, 1.54) is 24.3 Å². The SMILES string of the molecule is O=c1cc(-c2ccc(O)cc2)oc2c(O)c(OC3OC(CO)C(O)C(O)C3O)cc(O)c12. The molecule has 0 bridgehead atoms. The van der Waals surface area contributed by atoms with Gasteiger partial charge in [0.05, 0.1) is 6.61 Å². The number of hydrogen-bond acceptors (Lipinski definition) is 11. The van der Waals surface area contributed by atoms with Crippen LogP contribution in [0.1, 0.15) is 0 Å². The van der Waals surface area contributed by atoms with Crippen molar-refractivity contribution in [2.24, 2.45) is 0 Å². The summed E-state index contributed by atoms with van der Waals surface area (Å²) in [6.45, 7) is -0.690. The molecular formula is C21H20O11. The van der Waals surface area contributed by atoms with Gasteiger partial charge in [0.25, 0.3) is 0 Å². The predicted octanol–water partition coefficient (Wildman–Crippen LogP) is -0.245. The molecule has 7 N–H and O–H groups in total. The Bertz CT molecular complexity index is 1190. The Balaban J connectivity index is 1.77. The number of aromatic hydroxyl groups is 3. The van der Waals surface area contributed by atoms with Crippen molar-refractivity contribution in [2.75, 3.05) is 6.61 Å². The Morgan fingerprint density at radius 3 is 2.28 bits per heavy atom. The monoisotopic (exact) mass is 448 g/mol. The summed E-state index contributed by atoms with van der Waals surface area (Å²) in [5.74, 6) is -1.73. The summed E-state index contributed by atoms with van der Waals surface area (Å²) in [5, 5.41) is 69.3. The number of phenols is 3. The summed E-state index contributed by atoms with van der Waals surface area (Å²) < 4.78 is 16.2. The maximum atomic E-state index is 12.6. The highest BCUT2D eigenvalue weighted by atomic mass is 16.7. The molecule has 0 saturated carbocycles. The standard InChI is InChI=1S/C21H20O11/c22-7-14-16(26)18(28)19(29)21(32-14)31-13-6-11(25)15-10(24)5-12(30-20(15)17(13)27)8-1-3-9(23)4-2-8/h1-6,14,16,18-19,21-23,25-29H,7H2. The quantitative estimate of drug-likeness (QED) is 0.261. The zero-order chi connectivity index (χ0) is 23.2. The molecule has 3 aromatic rings. The zero-order valence-corrected chi connectivity index (χ0v) is 16.3. The molecule has 5 atom stereocenters.